The summed E-state index contributed by atoms with van der Waals surface area (Å²) < 4.78 is 13.9. The summed E-state index contributed by atoms with van der Waals surface area (Å²) in [5.41, 5.74) is 3.31. The Balaban J connectivity index is 1.22. The molecule has 2 heterocycles. The van der Waals surface area contributed by atoms with Crippen molar-refractivity contribution in [3.05, 3.63) is 51.4 Å². The van der Waals surface area contributed by atoms with Gasteiger partial charge in [-0.25, -0.2) is 0 Å². The molecule has 1 unspecified atom stereocenters. The van der Waals surface area contributed by atoms with Gasteiger partial charge < -0.3 is 9.47 Å². The zero-order chi connectivity index (χ0) is 18.2. The second-order valence-electron chi connectivity index (χ2n) is 8.04. The fourth-order valence-electron chi connectivity index (χ4n) is 4.80. The summed E-state index contributed by atoms with van der Waals surface area (Å²) >= 11 is 0. The molecular formula is C22H26N2O3. The fourth-order valence-corrected chi connectivity index (χ4v) is 4.80. The highest BCUT2D eigenvalue weighted by molar-refractivity contribution is 5.30. The van der Waals surface area contributed by atoms with Crippen molar-refractivity contribution in [3.63, 3.8) is 0 Å². The molecule has 1 aromatic heterocycles. The number of hydrogen-bond donors (Lipinski definition) is 0. The molecule has 5 nitrogen and oxygen atoms in total. The molecule has 3 aliphatic rings. The molecular weight excluding hydrogens is 340 g/mol. The third-order valence-corrected chi connectivity index (χ3v) is 6.25. The smallest absolute Gasteiger partial charge is 0.300 e. The fraction of sp³-hybridized carbons (Fsp3) is 0.545. The van der Waals surface area contributed by atoms with Gasteiger partial charge in [-0.2, -0.15) is 4.98 Å². The molecule has 0 saturated heterocycles. The SMILES string of the molecule is O=c1nc2n(c3c1CCC3)CC(COc1ccc(C3CCCCC3)cc1)O2. The summed E-state index contributed by atoms with van der Waals surface area (Å²) in [6, 6.07) is 9.03. The standard InChI is InChI=1S/C22H26N2O3/c25-21-19-7-4-8-20(19)24-13-18(27-22(24)23-21)14-26-17-11-9-16(10-12-17)15-5-2-1-3-6-15/h9-12,15,18H,1-8,13-14H2. The lowest BCUT2D eigenvalue weighted by Crippen LogP contribution is -2.23. The molecule has 27 heavy (non-hydrogen) atoms. The summed E-state index contributed by atoms with van der Waals surface area (Å²) in [4.78, 5) is 16.2. The van der Waals surface area contributed by atoms with E-state index < -0.39 is 0 Å². The Labute approximate surface area is 159 Å². The minimum absolute atomic E-state index is 0.0954. The maximum Gasteiger partial charge on any atom is 0.300 e. The molecule has 1 fully saturated rings. The van der Waals surface area contributed by atoms with Crippen molar-refractivity contribution in [2.45, 2.75) is 69.9 Å². The summed E-state index contributed by atoms with van der Waals surface area (Å²) in [7, 11) is 0. The average molecular weight is 366 g/mol. The van der Waals surface area contributed by atoms with Crippen molar-refractivity contribution in [3.8, 4) is 11.8 Å². The van der Waals surface area contributed by atoms with Gasteiger partial charge in [0.15, 0.2) is 6.10 Å². The van der Waals surface area contributed by atoms with Gasteiger partial charge in [0, 0.05) is 11.3 Å². The molecule has 142 valence electrons. The zero-order valence-electron chi connectivity index (χ0n) is 15.7. The van der Waals surface area contributed by atoms with Crippen LogP contribution in [0.4, 0.5) is 0 Å². The Morgan fingerprint density at radius 2 is 1.89 bits per heavy atom. The second-order valence-corrected chi connectivity index (χ2v) is 8.04. The number of nitrogens with zero attached hydrogens (tertiary/aromatic N) is 2. The molecule has 0 radical (unpaired) electrons. The summed E-state index contributed by atoms with van der Waals surface area (Å²) in [5.74, 6) is 1.59. The van der Waals surface area contributed by atoms with E-state index >= 15 is 0 Å². The van der Waals surface area contributed by atoms with Crippen LogP contribution in [-0.2, 0) is 19.4 Å². The predicted octanol–water partition coefficient (Wildman–Crippen LogP) is 3.62. The lowest BCUT2D eigenvalue weighted by atomic mass is 9.84. The molecule has 1 aliphatic heterocycles. The van der Waals surface area contributed by atoms with Crippen molar-refractivity contribution in [2.75, 3.05) is 6.61 Å². The summed E-state index contributed by atoms with van der Waals surface area (Å²) in [6.45, 7) is 1.18. The van der Waals surface area contributed by atoms with Crippen LogP contribution >= 0.6 is 0 Å². The van der Waals surface area contributed by atoms with E-state index in [1.807, 2.05) is 0 Å². The largest absolute Gasteiger partial charge is 0.490 e. The van der Waals surface area contributed by atoms with E-state index in [2.05, 4.69) is 33.8 Å². The van der Waals surface area contributed by atoms with E-state index in [0.717, 1.165) is 36.3 Å². The Bertz CT molecular complexity index is 882. The number of hydrogen-bond acceptors (Lipinski definition) is 4. The molecule has 1 saturated carbocycles. The van der Waals surface area contributed by atoms with E-state index in [4.69, 9.17) is 9.47 Å². The van der Waals surface area contributed by atoms with Crippen LogP contribution in [0.5, 0.6) is 11.8 Å². The quantitative estimate of drug-likeness (QED) is 0.829. The topological polar surface area (TPSA) is 53.4 Å². The molecule has 5 rings (SSSR count). The van der Waals surface area contributed by atoms with Crippen molar-refractivity contribution in [1.29, 1.82) is 0 Å². The number of aromatic nitrogens is 2. The van der Waals surface area contributed by atoms with Gasteiger partial charge in [-0.05, 0) is 55.7 Å². The first-order valence-corrected chi connectivity index (χ1v) is 10.3. The molecule has 1 atom stereocenters. The Kier molecular flexibility index (Phi) is 4.38. The highest BCUT2D eigenvalue weighted by Crippen LogP contribution is 2.33. The van der Waals surface area contributed by atoms with Crippen LogP contribution in [0.1, 0.15) is 61.3 Å². The van der Waals surface area contributed by atoms with Gasteiger partial charge in [0.1, 0.15) is 12.4 Å². The van der Waals surface area contributed by atoms with Gasteiger partial charge in [-0.3, -0.25) is 9.36 Å². The van der Waals surface area contributed by atoms with Gasteiger partial charge in [0.25, 0.3) is 11.6 Å². The molecule has 5 heteroatoms. The van der Waals surface area contributed by atoms with E-state index in [0.29, 0.717) is 25.1 Å². The third kappa shape index (κ3) is 3.24. The maximum absolute atomic E-state index is 12.1. The van der Waals surface area contributed by atoms with Crippen molar-refractivity contribution in [2.24, 2.45) is 0 Å². The first kappa shape index (κ1) is 16.8. The number of benzene rings is 1. The monoisotopic (exact) mass is 366 g/mol. The van der Waals surface area contributed by atoms with Crippen molar-refractivity contribution >= 4 is 0 Å². The highest BCUT2D eigenvalue weighted by Gasteiger charge is 2.30. The molecule has 1 aromatic carbocycles. The van der Waals surface area contributed by atoms with Crippen molar-refractivity contribution < 1.29 is 9.47 Å². The van der Waals surface area contributed by atoms with Gasteiger partial charge in [0.05, 0.1) is 6.54 Å². The number of rotatable bonds is 4. The minimum atomic E-state index is -0.117. The Morgan fingerprint density at radius 1 is 1.07 bits per heavy atom. The van der Waals surface area contributed by atoms with Crippen LogP contribution < -0.4 is 15.0 Å². The van der Waals surface area contributed by atoms with E-state index in [1.54, 1.807) is 0 Å². The van der Waals surface area contributed by atoms with Crippen LogP contribution in [0, 0.1) is 0 Å². The van der Waals surface area contributed by atoms with E-state index in [1.165, 1.54) is 37.7 Å². The van der Waals surface area contributed by atoms with Crippen LogP contribution in [0.15, 0.2) is 29.1 Å². The third-order valence-electron chi connectivity index (χ3n) is 6.25. The second kappa shape index (κ2) is 7.02. The lowest BCUT2D eigenvalue weighted by Gasteiger charge is -2.22. The normalized spacial score (nSPS) is 21.6. The highest BCUT2D eigenvalue weighted by atomic mass is 16.6. The summed E-state index contributed by atoms with van der Waals surface area (Å²) in [6.07, 6.45) is 9.42. The molecule has 0 N–H and O–H groups in total. The average Bonchev–Trinajstić information content (AvgIpc) is 3.34. The van der Waals surface area contributed by atoms with Gasteiger partial charge >= 0.3 is 0 Å². The van der Waals surface area contributed by atoms with Gasteiger partial charge in [0.2, 0.25) is 0 Å². The van der Waals surface area contributed by atoms with E-state index in [9.17, 15) is 4.79 Å². The minimum Gasteiger partial charge on any atom is -0.490 e. The van der Waals surface area contributed by atoms with E-state index in [-0.39, 0.29) is 11.7 Å². The van der Waals surface area contributed by atoms with Crippen LogP contribution in [-0.4, -0.2) is 22.3 Å². The molecule has 2 aliphatic carbocycles. The molecule has 0 spiro atoms. The molecule has 0 bridgehead atoms. The Morgan fingerprint density at radius 3 is 2.70 bits per heavy atom. The zero-order valence-corrected chi connectivity index (χ0v) is 15.7. The molecule has 0 amide bonds. The summed E-state index contributed by atoms with van der Waals surface area (Å²) in [5, 5.41) is 0. The van der Waals surface area contributed by atoms with Crippen LogP contribution in [0.2, 0.25) is 0 Å². The predicted molar refractivity (Wildman–Crippen MR) is 103 cm³/mol. The Hall–Kier alpha value is -2.30. The number of ether oxygens (including phenoxy) is 2. The lowest BCUT2D eigenvalue weighted by molar-refractivity contribution is 0.143. The number of fused-ring (bicyclic) bond motifs is 3. The molecule has 2 aromatic rings. The van der Waals surface area contributed by atoms with Crippen molar-refractivity contribution in [1.82, 2.24) is 9.55 Å². The first-order chi connectivity index (χ1) is 13.3. The maximum atomic E-state index is 12.1. The van der Waals surface area contributed by atoms with Gasteiger partial charge in [-0.15, -0.1) is 0 Å². The van der Waals surface area contributed by atoms with Crippen LogP contribution in [0.3, 0.4) is 0 Å². The first-order valence-electron chi connectivity index (χ1n) is 10.3. The van der Waals surface area contributed by atoms with Crippen LogP contribution in [0.25, 0.3) is 0 Å². The van der Waals surface area contributed by atoms with Gasteiger partial charge in [-0.1, -0.05) is 31.4 Å².